The first kappa shape index (κ1) is 15.8. The molecular weight excluding hydrogens is 328 g/mol. The number of nitrogens with one attached hydrogen (secondary N) is 1. The maximum atomic E-state index is 4.56. The number of aryl methyl sites for hydroxylation is 1. The molecule has 0 spiro atoms. The van der Waals surface area contributed by atoms with Crippen LogP contribution in [0.4, 0.5) is 17.5 Å². The van der Waals surface area contributed by atoms with Crippen molar-refractivity contribution in [2.24, 2.45) is 0 Å². The Morgan fingerprint density at radius 3 is 2.81 bits per heavy atom. The van der Waals surface area contributed by atoms with E-state index in [-0.39, 0.29) is 0 Å². The number of unbranched alkanes of at least 4 members (excludes halogenated alkanes) is 1. The Hall–Kier alpha value is -1.62. The van der Waals surface area contributed by atoms with Gasteiger partial charge in [0.05, 0.1) is 0 Å². The van der Waals surface area contributed by atoms with Crippen LogP contribution in [0.25, 0.3) is 0 Å². The highest BCUT2D eigenvalue weighted by Gasteiger charge is 2.05. The molecule has 4 nitrogen and oxygen atoms in total. The number of hydrogen-bond donors (Lipinski definition) is 1. The van der Waals surface area contributed by atoms with E-state index in [1.165, 1.54) is 12.0 Å². The van der Waals surface area contributed by atoms with Crippen molar-refractivity contribution >= 4 is 33.4 Å². The van der Waals surface area contributed by atoms with Crippen molar-refractivity contribution in [1.29, 1.82) is 0 Å². The standard InChI is InChI=1S/C16H21BrN4/c1-4-5-10-21(3)15-8-9-18-16(20-15)19-13-7-6-12(2)14(17)11-13/h6-9,11H,4-5,10H2,1-3H3,(H,18,19,20). The summed E-state index contributed by atoms with van der Waals surface area (Å²) in [6.45, 7) is 5.26. The van der Waals surface area contributed by atoms with Gasteiger partial charge in [0.15, 0.2) is 0 Å². The summed E-state index contributed by atoms with van der Waals surface area (Å²) < 4.78 is 1.07. The summed E-state index contributed by atoms with van der Waals surface area (Å²) in [5.74, 6) is 1.55. The lowest BCUT2D eigenvalue weighted by atomic mass is 10.2. The molecule has 1 aromatic heterocycles. The molecule has 0 aliphatic heterocycles. The molecule has 21 heavy (non-hydrogen) atoms. The molecule has 1 N–H and O–H groups in total. The Morgan fingerprint density at radius 1 is 1.29 bits per heavy atom. The highest BCUT2D eigenvalue weighted by atomic mass is 79.9. The zero-order valence-corrected chi connectivity index (χ0v) is 14.3. The Balaban J connectivity index is 2.11. The minimum Gasteiger partial charge on any atom is -0.360 e. The lowest BCUT2D eigenvalue weighted by molar-refractivity contribution is 0.759. The number of anilines is 3. The van der Waals surface area contributed by atoms with Crippen LogP contribution in [0.15, 0.2) is 34.9 Å². The smallest absolute Gasteiger partial charge is 0.229 e. The molecule has 0 bridgehead atoms. The molecule has 0 fully saturated rings. The van der Waals surface area contributed by atoms with Crippen LogP contribution >= 0.6 is 15.9 Å². The van der Waals surface area contributed by atoms with E-state index in [0.29, 0.717) is 5.95 Å². The van der Waals surface area contributed by atoms with Gasteiger partial charge in [0, 0.05) is 29.9 Å². The van der Waals surface area contributed by atoms with E-state index in [9.17, 15) is 0 Å². The van der Waals surface area contributed by atoms with Crippen molar-refractivity contribution in [2.75, 3.05) is 23.8 Å². The van der Waals surface area contributed by atoms with Crippen molar-refractivity contribution in [3.05, 3.63) is 40.5 Å². The summed E-state index contributed by atoms with van der Waals surface area (Å²) in [6, 6.07) is 8.05. The van der Waals surface area contributed by atoms with Gasteiger partial charge < -0.3 is 10.2 Å². The summed E-state index contributed by atoms with van der Waals surface area (Å²) in [7, 11) is 2.06. The van der Waals surface area contributed by atoms with Crippen LogP contribution < -0.4 is 10.2 Å². The molecule has 1 heterocycles. The highest BCUT2D eigenvalue weighted by molar-refractivity contribution is 9.10. The second-order valence-corrected chi connectivity index (χ2v) is 5.96. The average molecular weight is 349 g/mol. The van der Waals surface area contributed by atoms with E-state index in [1.54, 1.807) is 6.20 Å². The number of rotatable bonds is 6. The van der Waals surface area contributed by atoms with Gasteiger partial charge in [-0.25, -0.2) is 4.98 Å². The van der Waals surface area contributed by atoms with Crippen LogP contribution in [0.1, 0.15) is 25.3 Å². The Bertz CT molecular complexity index is 601. The number of nitrogens with zero attached hydrogens (tertiary/aromatic N) is 3. The third-order valence-corrected chi connectivity index (χ3v) is 4.16. The van der Waals surface area contributed by atoms with Gasteiger partial charge in [0.2, 0.25) is 5.95 Å². The first-order valence-corrected chi connectivity index (χ1v) is 7.97. The van der Waals surface area contributed by atoms with Gasteiger partial charge in [-0.3, -0.25) is 0 Å². The number of hydrogen-bond acceptors (Lipinski definition) is 4. The van der Waals surface area contributed by atoms with Crippen molar-refractivity contribution in [3.63, 3.8) is 0 Å². The van der Waals surface area contributed by atoms with E-state index in [4.69, 9.17) is 0 Å². The van der Waals surface area contributed by atoms with E-state index in [1.807, 2.05) is 18.2 Å². The van der Waals surface area contributed by atoms with Gasteiger partial charge >= 0.3 is 0 Å². The molecule has 0 atom stereocenters. The largest absolute Gasteiger partial charge is 0.360 e. The van der Waals surface area contributed by atoms with Crippen LogP contribution in [0.2, 0.25) is 0 Å². The summed E-state index contributed by atoms with van der Waals surface area (Å²) in [5.41, 5.74) is 2.18. The van der Waals surface area contributed by atoms with Crippen LogP contribution in [0.3, 0.4) is 0 Å². The number of benzene rings is 1. The first-order chi connectivity index (χ1) is 10.1. The molecule has 0 aliphatic carbocycles. The summed E-state index contributed by atoms with van der Waals surface area (Å²) >= 11 is 3.54. The van der Waals surface area contributed by atoms with Crippen molar-refractivity contribution < 1.29 is 0 Å². The second kappa shape index (κ2) is 7.41. The maximum absolute atomic E-state index is 4.56. The Morgan fingerprint density at radius 2 is 2.10 bits per heavy atom. The van der Waals surface area contributed by atoms with Gasteiger partial charge in [-0.2, -0.15) is 4.98 Å². The molecule has 0 unspecified atom stereocenters. The summed E-state index contributed by atoms with van der Waals surface area (Å²) in [5, 5.41) is 3.24. The van der Waals surface area contributed by atoms with Crippen molar-refractivity contribution in [1.82, 2.24) is 9.97 Å². The molecule has 5 heteroatoms. The molecule has 0 amide bonds. The van der Waals surface area contributed by atoms with E-state index in [2.05, 4.69) is 63.1 Å². The minimum atomic E-state index is 0.617. The van der Waals surface area contributed by atoms with Gasteiger partial charge in [-0.05, 0) is 37.1 Å². The fraction of sp³-hybridized carbons (Fsp3) is 0.375. The normalized spacial score (nSPS) is 10.5. The van der Waals surface area contributed by atoms with Crippen LogP contribution in [0.5, 0.6) is 0 Å². The molecule has 1 aromatic carbocycles. The van der Waals surface area contributed by atoms with Crippen LogP contribution in [-0.4, -0.2) is 23.6 Å². The molecular formula is C16H21BrN4. The molecule has 112 valence electrons. The lowest BCUT2D eigenvalue weighted by Crippen LogP contribution is -2.19. The van der Waals surface area contributed by atoms with Gasteiger partial charge in [-0.15, -0.1) is 0 Å². The number of halogens is 1. The van der Waals surface area contributed by atoms with Gasteiger partial charge in [-0.1, -0.05) is 35.3 Å². The van der Waals surface area contributed by atoms with Gasteiger partial charge in [0.25, 0.3) is 0 Å². The van der Waals surface area contributed by atoms with Crippen LogP contribution in [-0.2, 0) is 0 Å². The third kappa shape index (κ3) is 4.43. The molecule has 0 saturated carbocycles. The van der Waals surface area contributed by atoms with Crippen LogP contribution in [0, 0.1) is 6.92 Å². The molecule has 0 radical (unpaired) electrons. The average Bonchev–Trinajstić information content (AvgIpc) is 2.49. The topological polar surface area (TPSA) is 41.1 Å². The first-order valence-electron chi connectivity index (χ1n) is 7.17. The molecule has 0 aliphatic rings. The zero-order valence-electron chi connectivity index (χ0n) is 12.7. The SMILES string of the molecule is CCCCN(C)c1ccnc(Nc2ccc(C)c(Br)c2)n1. The lowest BCUT2D eigenvalue weighted by Gasteiger charge is -2.18. The van der Waals surface area contributed by atoms with E-state index >= 15 is 0 Å². The third-order valence-electron chi connectivity index (χ3n) is 3.31. The highest BCUT2D eigenvalue weighted by Crippen LogP contribution is 2.23. The predicted octanol–water partition coefficient (Wildman–Crippen LogP) is 4.53. The zero-order chi connectivity index (χ0) is 15.2. The van der Waals surface area contributed by atoms with Crippen molar-refractivity contribution in [3.8, 4) is 0 Å². The van der Waals surface area contributed by atoms with Crippen molar-refractivity contribution in [2.45, 2.75) is 26.7 Å². The Kier molecular flexibility index (Phi) is 5.56. The minimum absolute atomic E-state index is 0.617. The molecule has 0 saturated heterocycles. The predicted molar refractivity (Wildman–Crippen MR) is 92.4 cm³/mol. The summed E-state index contributed by atoms with van der Waals surface area (Å²) in [6.07, 6.45) is 4.13. The fourth-order valence-electron chi connectivity index (χ4n) is 1.93. The molecule has 2 aromatic rings. The fourth-order valence-corrected chi connectivity index (χ4v) is 2.31. The number of aromatic nitrogens is 2. The molecule has 2 rings (SSSR count). The quantitative estimate of drug-likeness (QED) is 0.832. The Labute approximate surface area is 134 Å². The maximum Gasteiger partial charge on any atom is 0.229 e. The van der Waals surface area contributed by atoms with E-state index in [0.717, 1.165) is 28.9 Å². The van der Waals surface area contributed by atoms with Gasteiger partial charge in [0.1, 0.15) is 5.82 Å². The summed E-state index contributed by atoms with van der Waals surface area (Å²) in [4.78, 5) is 11.0. The van der Waals surface area contributed by atoms with E-state index < -0.39 is 0 Å². The second-order valence-electron chi connectivity index (χ2n) is 5.10. The monoisotopic (exact) mass is 348 g/mol.